The predicted octanol–water partition coefficient (Wildman–Crippen LogP) is 6.11. The Hall–Kier alpha value is -2.77. The van der Waals surface area contributed by atoms with Crippen LogP contribution < -0.4 is 9.62 Å². The fourth-order valence-electron chi connectivity index (χ4n) is 4.40. The van der Waals surface area contributed by atoms with Gasteiger partial charge in [0.25, 0.3) is 5.91 Å². The van der Waals surface area contributed by atoms with Crippen LogP contribution in [0.15, 0.2) is 88.7 Å². The first-order valence-electron chi connectivity index (χ1n) is 12.1. The molecule has 1 saturated carbocycles. The second-order valence-electron chi connectivity index (χ2n) is 9.06. The summed E-state index contributed by atoms with van der Waals surface area (Å²) in [5.41, 5.74) is 2.05. The number of benzene rings is 3. The number of nitrogens with one attached hydrogen (secondary N) is 1. The number of hydrogen-bond donors (Lipinski definition) is 1. The van der Waals surface area contributed by atoms with Crippen molar-refractivity contribution in [3.8, 4) is 0 Å². The van der Waals surface area contributed by atoms with Crippen molar-refractivity contribution in [2.45, 2.75) is 48.4 Å². The minimum absolute atomic E-state index is 0.0771. The number of carbonyl (C=O) groups excluding carboxylic acids is 1. The van der Waals surface area contributed by atoms with E-state index in [4.69, 9.17) is 0 Å². The van der Waals surface area contributed by atoms with Crippen LogP contribution in [-0.4, -0.2) is 27.1 Å². The first-order valence-corrected chi connectivity index (χ1v) is 14.7. The van der Waals surface area contributed by atoms with Crippen molar-refractivity contribution >= 4 is 33.4 Å². The van der Waals surface area contributed by atoms with Crippen molar-refractivity contribution in [3.05, 3.63) is 90.0 Å². The average molecular weight is 509 g/mol. The molecule has 35 heavy (non-hydrogen) atoms. The van der Waals surface area contributed by atoms with Gasteiger partial charge in [0.1, 0.15) is 0 Å². The molecule has 0 saturated heterocycles. The van der Waals surface area contributed by atoms with Crippen molar-refractivity contribution in [1.29, 1.82) is 0 Å². The van der Waals surface area contributed by atoms with Crippen LogP contribution in [0.2, 0.25) is 0 Å². The van der Waals surface area contributed by atoms with Crippen molar-refractivity contribution in [3.63, 3.8) is 0 Å². The highest BCUT2D eigenvalue weighted by atomic mass is 32.2. The predicted molar refractivity (Wildman–Crippen MR) is 143 cm³/mol. The number of anilines is 1. The van der Waals surface area contributed by atoms with Crippen molar-refractivity contribution < 1.29 is 13.2 Å². The largest absolute Gasteiger partial charge is 0.352 e. The molecule has 0 aliphatic heterocycles. The van der Waals surface area contributed by atoms with Crippen molar-refractivity contribution in [2.24, 2.45) is 5.92 Å². The lowest BCUT2D eigenvalue weighted by Crippen LogP contribution is -2.30. The summed E-state index contributed by atoms with van der Waals surface area (Å²) in [4.78, 5) is 14.5. The lowest BCUT2D eigenvalue weighted by atomic mass is 9.89. The van der Waals surface area contributed by atoms with Gasteiger partial charge in [-0.1, -0.05) is 73.5 Å². The molecule has 3 aromatic carbocycles. The zero-order valence-electron chi connectivity index (χ0n) is 20.0. The average Bonchev–Trinajstić information content (AvgIpc) is 2.87. The van der Waals surface area contributed by atoms with Gasteiger partial charge in [-0.3, -0.25) is 9.10 Å². The molecule has 4 rings (SSSR count). The smallest absolute Gasteiger partial charge is 0.251 e. The lowest BCUT2D eigenvalue weighted by Gasteiger charge is -2.25. The summed E-state index contributed by atoms with van der Waals surface area (Å²) in [5.74, 6) is 0.496. The number of amides is 1. The molecule has 0 heterocycles. The fraction of sp³-hybridized carbons (Fsp3) is 0.321. The Bertz CT molecular complexity index is 1220. The van der Waals surface area contributed by atoms with Crippen LogP contribution in [0.4, 0.5) is 5.69 Å². The van der Waals surface area contributed by atoms with Crippen molar-refractivity contribution in [1.82, 2.24) is 5.32 Å². The van der Waals surface area contributed by atoms with Gasteiger partial charge in [-0.2, -0.15) is 0 Å². The Morgan fingerprint density at radius 3 is 2.26 bits per heavy atom. The van der Waals surface area contributed by atoms with Gasteiger partial charge in [0.2, 0.25) is 10.0 Å². The quantitative estimate of drug-likeness (QED) is 0.378. The highest BCUT2D eigenvalue weighted by Crippen LogP contribution is 2.36. The highest BCUT2D eigenvalue weighted by Gasteiger charge is 2.21. The first-order chi connectivity index (χ1) is 16.9. The van der Waals surface area contributed by atoms with E-state index in [1.165, 1.54) is 54.4 Å². The Labute approximate surface area is 213 Å². The Kier molecular flexibility index (Phi) is 8.52. The summed E-state index contributed by atoms with van der Waals surface area (Å²) in [6.07, 6.45) is 7.39. The van der Waals surface area contributed by atoms with Crippen LogP contribution in [0.3, 0.4) is 0 Å². The third kappa shape index (κ3) is 7.12. The monoisotopic (exact) mass is 508 g/mol. The lowest BCUT2D eigenvalue weighted by molar-refractivity contribution is 0.0943. The molecule has 0 radical (unpaired) electrons. The van der Waals surface area contributed by atoms with Crippen LogP contribution in [-0.2, 0) is 16.6 Å². The highest BCUT2D eigenvalue weighted by molar-refractivity contribution is 7.99. The van der Waals surface area contributed by atoms with Crippen LogP contribution in [0.5, 0.6) is 0 Å². The third-order valence-electron chi connectivity index (χ3n) is 6.32. The number of carbonyl (C=O) groups is 1. The zero-order chi connectivity index (χ0) is 24.7. The fourth-order valence-corrected chi connectivity index (χ4v) is 6.34. The summed E-state index contributed by atoms with van der Waals surface area (Å²) >= 11 is 1.53. The maximum absolute atomic E-state index is 12.8. The van der Waals surface area contributed by atoms with E-state index < -0.39 is 10.0 Å². The molecule has 184 valence electrons. The van der Waals surface area contributed by atoms with Gasteiger partial charge in [0.15, 0.2) is 0 Å². The van der Waals surface area contributed by atoms with Gasteiger partial charge in [0, 0.05) is 21.9 Å². The molecule has 1 fully saturated rings. The summed E-state index contributed by atoms with van der Waals surface area (Å²) < 4.78 is 27.0. The van der Waals surface area contributed by atoms with E-state index in [-0.39, 0.29) is 12.5 Å². The summed E-state index contributed by atoms with van der Waals surface area (Å²) in [6, 6.07) is 24.6. The molecule has 7 heteroatoms. The minimum Gasteiger partial charge on any atom is -0.352 e. The van der Waals surface area contributed by atoms with Gasteiger partial charge >= 0.3 is 0 Å². The van der Waals surface area contributed by atoms with Gasteiger partial charge in [-0.25, -0.2) is 8.42 Å². The number of para-hydroxylation sites is 1. The Balaban J connectivity index is 1.48. The van der Waals surface area contributed by atoms with E-state index in [2.05, 4.69) is 5.32 Å². The normalized spacial score (nSPS) is 14.4. The van der Waals surface area contributed by atoms with E-state index in [1.54, 1.807) is 12.1 Å². The molecule has 1 N–H and O–H groups in total. The number of sulfonamides is 1. The van der Waals surface area contributed by atoms with Gasteiger partial charge in [-0.15, -0.1) is 0 Å². The zero-order valence-corrected chi connectivity index (χ0v) is 21.7. The van der Waals surface area contributed by atoms with Gasteiger partial charge < -0.3 is 5.32 Å². The number of hydrogen-bond acceptors (Lipinski definition) is 4. The summed E-state index contributed by atoms with van der Waals surface area (Å²) in [5, 5.41) is 3.06. The number of rotatable bonds is 9. The molecule has 1 aliphatic rings. The van der Waals surface area contributed by atoms with E-state index >= 15 is 0 Å². The summed E-state index contributed by atoms with van der Waals surface area (Å²) in [6.45, 7) is 0.910. The maximum Gasteiger partial charge on any atom is 0.251 e. The molecular weight excluding hydrogens is 476 g/mol. The third-order valence-corrected chi connectivity index (χ3v) is 8.52. The Morgan fingerprint density at radius 1 is 0.914 bits per heavy atom. The second kappa shape index (κ2) is 11.8. The molecule has 1 aliphatic carbocycles. The molecule has 1 amide bonds. The minimum atomic E-state index is -3.54. The second-order valence-corrected chi connectivity index (χ2v) is 12.1. The molecular formula is C28H32N2O3S2. The molecule has 5 nitrogen and oxygen atoms in total. The SMILES string of the molecule is CS(=O)(=O)N(Cc1ccc(C(=O)NCC2CCCCC2)cc1)c1ccccc1Sc1ccccc1. The van der Waals surface area contributed by atoms with Crippen molar-refractivity contribution in [2.75, 3.05) is 17.1 Å². The molecule has 0 atom stereocenters. The van der Waals surface area contributed by atoms with Gasteiger partial charge in [0.05, 0.1) is 18.5 Å². The van der Waals surface area contributed by atoms with Crippen LogP contribution >= 0.6 is 11.8 Å². The van der Waals surface area contributed by atoms with E-state index in [0.717, 1.165) is 21.9 Å². The molecule has 0 bridgehead atoms. The molecule has 3 aromatic rings. The van der Waals surface area contributed by atoms with Crippen LogP contribution in [0, 0.1) is 5.92 Å². The van der Waals surface area contributed by atoms with E-state index in [1.807, 2.05) is 66.7 Å². The maximum atomic E-state index is 12.8. The molecule has 0 spiro atoms. The van der Waals surface area contributed by atoms with Crippen LogP contribution in [0.1, 0.15) is 48.0 Å². The standard InChI is InChI=1S/C28H32N2O3S2/c1-35(32,33)30(26-14-8-9-15-27(26)34-25-12-6-3-7-13-25)21-23-16-18-24(19-17-23)28(31)29-20-22-10-4-2-5-11-22/h3,6-9,12-19,22H,2,4-5,10-11,20-21H2,1H3,(H,29,31). The number of nitrogens with zero attached hydrogens (tertiary/aromatic N) is 1. The van der Waals surface area contributed by atoms with E-state index in [0.29, 0.717) is 17.2 Å². The molecule has 0 aromatic heterocycles. The first kappa shape index (κ1) is 25.3. The Morgan fingerprint density at radius 2 is 1.57 bits per heavy atom. The summed E-state index contributed by atoms with van der Waals surface area (Å²) in [7, 11) is -3.54. The van der Waals surface area contributed by atoms with E-state index in [9.17, 15) is 13.2 Å². The molecule has 0 unspecified atom stereocenters. The topological polar surface area (TPSA) is 66.5 Å². The van der Waals surface area contributed by atoms with Crippen LogP contribution in [0.25, 0.3) is 0 Å². The van der Waals surface area contributed by atoms with Gasteiger partial charge in [-0.05, 0) is 60.7 Å².